The Morgan fingerprint density at radius 1 is 1.82 bits per heavy atom. The van der Waals surface area contributed by atoms with Crippen LogP contribution in [0.2, 0.25) is 0 Å². The Balaban J connectivity index is 2.60. The SMILES string of the molecule is CCCC(N)c1ncc(Br)[nH]1. The van der Waals surface area contributed by atoms with Gasteiger partial charge in [0.25, 0.3) is 0 Å². The summed E-state index contributed by atoms with van der Waals surface area (Å²) in [6.45, 7) is 2.11. The summed E-state index contributed by atoms with van der Waals surface area (Å²) in [5, 5.41) is 0. The van der Waals surface area contributed by atoms with E-state index in [0.29, 0.717) is 0 Å². The van der Waals surface area contributed by atoms with Gasteiger partial charge in [-0.25, -0.2) is 4.98 Å². The molecule has 0 aliphatic rings. The molecule has 1 aromatic rings. The van der Waals surface area contributed by atoms with E-state index in [2.05, 4.69) is 32.8 Å². The number of halogens is 1. The van der Waals surface area contributed by atoms with Crippen LogP contribution in [-0.2, 0) is 0 Å². The van der Waals surface area contributed by atoms with Crippen molar-refractivity contribution in [2.75, 3.05) is 0 Å². The maximum Gasteiger partial charge on any atom is 0.123 e. The quantitative estimate of drug-likeness (QED) is 0.814. The van der Waals surface area contributed by atoms with Gasteiger partial charge >= 0.3 is 0 Å². The Kier molecular flexibility index (Phi) is 3.08. The van der Waals surface area contributed by atoms with E-state index in [0.717, 1.165) is 23.3 Å². The van der Waals surface area contributed by atoms with Crippen LogP contribution >= 0.6 is 15.9 Å². The topological polar surface area (TPSA) is 54.7 Å². The average molecular weight is 218 g/mol. The molecule has 0 spiro atoms. The third kappa shape index (κ3) is 2.31. The van der Waals surface area contributed by atoms with Crippen molar-refractivity contribution in [2.24, 2.45) is 5.73 Å². The van der Waals surface area contributed by atoms with Crippen molar-refractivity contribution in [1.29, 1.82) is 0 Å². The molecule has 0 saturated heterocycles. The Morgan fingerprint density at radius 2 is 2.55 bits per heavy atom. The van der Waals surface area contributed by atoms with Crippen LogP contribution < -0.4 is 5.73 Å². The summed E-state index contributed by atoms with van der Waals surface area (Å²) < 4.78 is 0.888. The normalized spacial score (nSPS) is 13.4. The molecule has 0 fully saturated rings. The van der Waals surface area contributed by atoms with Crippen LogP contribution in [0, 0.1) is 0 Å². The summed E-state index contributed by atoms with van der Waals surface area (Å²) in [4.78, 5) is 7.15. The van der Waals surface area contributed by atoms with Crippen molar-refractivity contribution in [3.63, 3.8) is 0 Å². The number of hydrogen-bond donors (Lipinski definition) is 2. The van der Waals surface area contributed by atoms with Gasteiger partial charge in [-0.15, -0.1) is 0 Å². The maximum absolute atomic E-state index is 5.80. The van der Waals surface area contributed by atoms with E-state index in [9.17, 15) is 0 Å². The van der Waals surface area contributed by atoms with Gasteiger partial charge in [-0.3, -0.25) is 0 Å². The van der Waals surface area contributed by atoms with Crippen molar-refractivity contribution in [2.45, 2.75) is 25.8 Å². The van der Waals surface area contributed by atoms with Gasteiger partial charge in [-0.05, 0) is 22.4 Å². The fourth-order valence-electron chi connectivity index (χ4n) is 0.949. The predicted molar refractivity (Wildman–Crippen MR) is 48.1 cm³/mol. The van der Waals surface area contributed by atoms with Crippen molar-refractivity contribution in [3.8, 4) is 0 Å². The zero-order valence-electron chi connectivity index (χ0n) is 6.47. The molecule has 0 aliphatic heterocycles. The van der Waals surface area contributed by atoms with Crippen molar-refractivity contribution >= 4 is 15.9 Å². The summed E-state index contributed by atoms with van der Waals surface area (Å²) in [5.41, 5.74) is 5.80. The standard InChI is InChI=1S/C7H12BrN3/c1-2-3-5(9)7-10-4-6(8)11-7/h4-5H,2-3,9H2,1H3,(H,10,11). The first-order valence-electron chi connectivity index (χ1n) is 3.70. The second-order valence-corrected chi connectivity index (χ2v) is 3.37. The molecular formula is C7H12BrN3. The van der Waals surface area contributed by atoms with Crippen LogP contribution in [0.1, 0.15) is 31.6 Å². The number of rotatable bonds is 3. The highest BCUT2D eigenvalue weighted by atomic mass is 79.9. The third-order valence-electron chi connectivity index (χ3n) is 1.52. The summed E-state index contributed by atoms with van der Waals surface area (Å²) in [6.07, 6.45) is 3.78. The summed E-state index contributed by atoms with van der Waals surface area (Å²) in [5.74, 6) is 0.860. The maximum atomic E-state index is 5.80. The molecule has 1 rings (SSSR count). The van der Waals surface area contributed by atoms with Crippen molar-refractivity contribution < 1.29 is 0 Å². The lowest BCUT2D eigenvalue weighted by Gasteiger charge is -2.04. The van der Waals surface area contributed by atoms with Crippen LogP contribution in [0.25, 0.3) is 0 Å². The molecule has 1 aromatic heterocycles. The Bertz CT molecular complexity index is 221. The smallest absolute Gasteiger partial charge is 0.123 e. The number of imidazole rings is 1. The molecule has 62 valence electrons. The number of aromatic amines is 1. The molecular weight excluding hydrogens is 206 g/mol. The van der Waals surface area contributed by atoms with E-state index < -0.39 is 0 Å². The zero-order valence-corrected chi connectivity index (χ0v) is 8.06. The van der Waals surface area contributed by atoms with Gasteiger partial charge in [-0.2, -0.15) is 0 Å². The van der Waals surface area contributed by atoms with E-state index in [1.54, 1.807) is 6.20 Å². The van der Waals surface area contributed by atoms with Crippen molar-refractivity contribution in [3.05, 3.63) is 16.6 Å². The molecule has 0 aromatic carbocycles. The molecule has 3 N–H and O–H groups in total. The minimum Gasteiger partial charge on any atom is -0.335 e. The van der Waals surface area contributed by atoms with Gasteiger partial charge in [0.05, 0.1) is 12.2 Å². The lowest BCUT2D eigenvalue weighted by Crippen LogP contribution is -2.11. The molecule has 1 heterocycles. The molecule has 0 saturated carbocycles. The lowest BCUT2D eigenvalue weighted by molar-refractivity contribution is 0.608. The molecule has 0 aliphatic carbocycles. The first-order chi connectivity index (χ1) is 5.24. The summed E-state index contributed by atoms with van der Waals surface area (Å²) in [7, 11) is 0. The van der Waals surface area contributed by atoms with Gasteiger partial charge in [0.2, 0.25) is 0 Å². The van der Waals surface area contributed by atoms with Crippen molar-refractivity contribution in [1.82, 2.24) is 9.97 Å². The summed E-state index contributed by atoms with van der Waals surface area (Å²) >= 11 is 3.28. The highest BCUT2D eigenvalue weighted by molar-refractivity contribution is 9.10. The highest BCUT2D eigenvalue weighted by Crippen LogP contribution is 2.14. The Morgan fingerprint density at radius 3 is 3.00 bits per heavy atom. The van der Waals surface area contributed by atoms with E-state index in [4.69, 9.17) is 5.73 Å². The number of nitrogens with one attached hydrogen (secondary N) is 1. The van der Waals surface area contributed by atoms with Gasteiger partial charge in [-0.1, -0.05) is 13.3 Å². The number of H-pyrrole nitrogens is 1. The van der Waals surface area contributed by atoms with E-state index >= 15 is 0 Å². The number of hydrogen-bond acceptors (Lipinski definition) is 2. The van der Waals surface area contributed by atoms with E-state index in [-0.39, 0.29) is 6.04 Å². The zero-order chi connectivity index (χ0) is 8.27. The Hall–Kier alpha value is -0.350. The largest absolute Gasteiger partial charge is 0.335 e. The predicted octanol–water partition coefficient (Wildman–Crippen LogP) is 1.97. The van der Waals surface area contributed by atoms with Crippen LogP contribution in [0.15, 0.2) is 10.8 Å². The van der Waals surface area contributed by atoms with Gasteiger partial charge in [0, 0.05) is 0 Å². The van der Waals surface area contributed by atoms with E-state index in [1.165, 1.54) is 0 Å². The van der Waals surface area contributed by atoms with Gasteiger partial charge in [0.15, 0.2) is 0 Å². The minimum absolute atomic E-state index is 0.0475. The Labute approximate surface area is 74.5 Å². The molecule has 1 unspecified atom stereocenters. The van der Waals surface area contributed by atoms with Crippen LogP contribution in [0.4, 0.5) is 0 Å². The fraction of sp³-hybridized carbons (Fsp3) is 0.571. The number of nitrogens with zero attached hydrogens (tertiary/aromatic N) is 1. The number of aromatic nitrogens is 2. The van der Waals surface area contributed by atoms with Crippen LogP contribution in [0.5, 0.6) is 0 Å². The first-order valence-corrected chi connectivity index (χ1v) is 4.49. The average Bonchev–Trinajstić information content (AvgIpc) is 2.36. The second kappa shape index (κ2) is 3.88. The van der Waals surface area contributed by atoms with Gasteiger partial charge in [0.1, 0.15) is 10.4 Å². The monoisotopic (exact) mass is 217 g/mol. The fourth-order valence-corrected chi connectivity index (χ4v) is 1.25. The first kappa shape index (κ1) is 8.74. The molecule has 0 radical (unpaired) electrons. The lowest BCUT2D eigenvalue weighted by atomic mass is 10.2. The highest BCUT2D eigenvalue weighted by Gasteiger charge is 2.07. The van der Waals surface area contributed by atoms with Crippen LogP contribution in [-0.4, -0.2) is 9.97 Å². The summed E-state index contributed by atoms with van der Waals surface area (Å²) in [6, 6.07) is 0.0475. The molecule has 11 heavy (non-hydrogen) atoms. The molecule has 0 amide bonds. The molecule has 0 bridgehead atoms. The van der Waals surface area contributed by atoms with Crippen LogP contribution in [0.3, 0.4) is 0 Å². The molecule has 4 heteroatoms. The number of nitrogens with two attached hydrogens (primary N) is 1. The molecule has 1 atom stereocenters. The van der Waals surface area contributed by atoms with Gasteiger partial charge < -0.3 is 10.7 Å². The van der Waals surface area contributed by atoms with E-state index in [1.807, 2.05) is 0 Å². The third-order valence-corrected chi connectivity index (χ3v) is 1.92. The second-order valence-electron chi connectivity index (χ2n) is 2.51. The molecule has 3 nitrogen and oxygen atoms in total. The minimum atomic E-state index is 0.0475.